The van der Waals surface area contributed by atoms with E-state index >= 15 is 0 Å². The third kappa shape index (κ3) is 2.47. The molecule has 0 fully saturated rings. The summed E-state index contributed by atoms with van der Waals surface area (Å²) in [4.78, 5) is 0. The van der Waals surface area contributed by atoms with Gasteiger partial charge in [0.05, 0.1) is 6.04 Å². The second-order valence-electron chi connectivity index (χ2n) is 3.93. The second-order valence-corrected chi connectivity index (χ2v) is 3.93. The molecule has 0 unspecified atom stereocenters. The van der Waals surface area contributed by atoms with Crippen LogP contribution in [0.3, 0.4) is 0 Å². The van der Waals surface area contributed by atoms with E-state index in [0.717, 1.165) is 24.9 Å². The molecule has 1 rings (SSSR count). The number of nitrogens with zero attached hydrogens (tertiary/aromatic N) is 3. The van der Waals surface area contributed by atoms with E-state index in [9.17, 15) is 0 Å². The Kier molecular flexibility index (Phi) is 4.08. The van der Waals surface area contributed by atoms with Gasteiger partial charge in [-0.1, -0.05) is 13.8 Å². The van der Waals surface area contributed by atoms with Crippen LogP contribution in [-0.2, 0) is 6.54 Å². The normalized spacial score (nSPS) is 13.2. The van der Waals surface area contributed by atoms with Crippen LogP contribution in [0.2, 0.25) is 0 Å². The van der Waals surface area contributed by atoms with Crippen LogP contribution in [0.25, 0.3) is 0 Å². The number of rotatable bonds is 5. The molecule has 0 bridgehead atoms. The first kappa shape index (κ1) is 12.0. The molecule has 0 aliphatic rings. The Bertz CT molecular complexity index is 305. The molecule has 0 saturated heterocycles. The van der Waals surface area contributed by atoms with Crippen molar-refractivity contribution in [3.8, 4) is 0 Å². The third-order valence-electron chi connectivity index (χ3n) is 2.45. The SMILES string of the molecule is CCNc1nnc([C@@H](N)C(C)C)n1CC. The fourth-order valence-corrected chi connectivity index (χ4v) is 1.46. The van der Waals surface area contributed by atoms with Gasteiger partial charge in [0.1, 0.15) is 0 Å². The molecule has 0 saturated carbocycles. The van der Waals surface area contributed by atoms with E-state index in [0.29, 0.717) is 5.92 Å². The van der Waals surface area contributed by atoms with Crippen LogP contribution in [0, 0.1) is 5.92 Å². The molecule has 1 aromatic rings. The lowest BCUT2D eigenvalue weighted by Gasteiger charge is -2.16. The molecule has 3 N–H and O–H groups in total. The quantitative estimate of drug-likeness (QED) is 0.772. The van der Waals surface area contributed by atoms with Crippen molar-refractivity contribution in [2.45, 2.75) is 40.3 Å². The van der Waals surface area contributed by atoms with E-state index in [2.05, 4.69) is 36.3 Å². The van der Waals surface area contributed by atoms with E-state index in [1.807, 2.05) is 11.5 Å². The van der Waals surface area contributed by atoms with Crippen LogP contribution in [0.4, 0.5) is 5.95 Å². The topological polar surface area (TPSA) is 68.8 Å². The van der Waals surface area contributed by atoms with E-state index in [-0.39, 0.29) is 6.04 Å². The smallest absolute Gasteiger partial charge is 0.224 e. The van der Waals surface area contributed by atoms with Gasteiger partial charge in [0.15, 0.2) is 5.82 Å². The summed E-state index contributed by atoms with van der Waals surface area (Å²) in [6.07, 6.45) is 0. The molecule has 5 heteroatoms. The predicted octanol–water partition coefficient (Wildman–Crippen LogP) is 1.39. The predicted molar refractivity (Wildman–Crippen MR) is 61.6 cm³/mol. The highest BCUT2D eigenvalue weighted by molar-refractivity contribution is 5.26. The van der Waals surface area contributed by atoms with E-state index < -0.39 is 0 Å². The Hall–Kier alpha value is -1.10. The monoisotopic (exact) mass is 211 g/mol. The Morgan fingerprint density at radius 2 is 2.00 bits per heavy atom. The fraction of sp³-hybridized carbons (Fsp3) is 0.800. The minimum absolute atomic E-state index is 0.0511. The maximum absolute atomic E-state index is 6.07. The summed E-state index contributed by atoms with van der Waals surface area (Å²) >= 11 is 0. The molecule has 5 nitrogen and oxygen atoms in total. The van der Waals surface area contributed by atoms with Crippen LogP contribution in [0.15, 0.2) is 0 Å². The van der Waals surface area contributed by atoms with Gasteiger partial charge in [-0.05, 0) is 19.8 Å². The Morgan fingerprint density at radius 3 is 2.47 bits per heavy atom. The molecule has 0 aliphatic carbocycles. The first-order chi connectivity index (χ1) is 7.11. The molecule has 0 aromatic carbocycles. The van der Waals surface area contributed by atoms with E-state index in [1.54, 1.807) is 0 Å². The van der Waals surface area contributed by atoms with Crippen LogP contribution in [0.5, 0.6) is 0 Å². The second kappa shape index (κ2) is 5.11. The zero-order chi connectivity index (χ0) is 11.4. The summed E-state index contributed by atoms with van der Waals surface area (Å²) in [5.74, 6) is 2.04. The standard InChI is InChI=1S/C10H21N5/c1-5-12-10-14-13-9(15(10)6-2)8(11)7(3)4/h7-8H,5-6,11H2,1-4H3,(H,12,14)/t8-/m0/s1. The molecular formula is C10H21N5. The summed E-state index contributed by atoms with van der Waals surface area (Å²) in [6.45, 7) is 9.97. The molecule has 0 aliphatic heterocycles. The van der Waals surface area contributed by atoms with Gasteiger partial charge in [0, 0.05) is 13.1 Å². The van der Waals surface area contributed by atoms with Crippen LogP contribution < -0.4 is 11.1 Å². The van der Waals surface area contributed by atoms with Gasteiger partial charge in [-0.2, -0.15) is 0 Å². The van der Waals surface area contributed by atoms with Crippen molar-refractivity contribution in [3.63, 3.8) is 0 Å². The van der Waals surface area contributed by atoms with Gasteiger partial charge in [0.2, 0.25) is 5.95 Å². The van der Waals surface area contributed by atoms with E-state index in [1.165, 1.54) is 0 Å². The average molecular weight is 211 g/mol. The maximum atomic E-state index is 6.07. The molecule has 1 aromatic heterocycles. The highest BCUT2D eigenvalue weighted by Crippen LogP contribution is 2.19. The summed E-state index contributed by atoms with van der Waals surface area (Å²) in [6, 6.07) is -0.0511. The number of nitrogens with two attached hydrogens (primary N) is 1. The number of anilines is 1. The summed E-state index contributed by atoms with van der Waals surface area (Å²) < 4.78 is 2.04. The molecule has 1 atom stereocenters. The van der Waals surface area contributed by atoms with Crippen molar-refractivity contribution < 1.29 is 0 Å². The lowest BCUT2D eigenvalue weighted by molar-refractivity contribution is 0.469. The molecule has 0 amide bonds. The van der Waals surface area contributed by atoms with Crippen molar-refractivity contribution in [2.75, 3.05) is 11.9 Å². The molecule has 1 heterocycles. The van der Waals surface area contributed by atoms with Crippen molar-refractivity contribution in [1.82, 2.24) is 14.8 Å². The Balaban J connectivity index is 2.98. The molecular weight excluding hydrogens is 190 g/mol. The summed E-state index contributed by atoms with van der Waals surface area (Å²) in [5.41, 5.74) is 6.07. The maximum Gasteiger partial charge on any atom is 0.224 e. The van der Waals surface area contributed by atoms with Crippen molar-refractivity contribution in [2.24, 2.45) is 11.7 Å². The zero-order valence-corrected chi connectivity index (χ0v) is 9.99. The first-order valence-corrected chi connectivity index (χ1v) is 5.54. The lowest BCUT2D eigenvalue weighted by Crippen LogP contribution is -2.22. The lowest BCUT2D eigenvalue weighted by atomic mass is 10.1. The number of aromatic nitrogens is 3. The van der Waals surface area contributed by atoms with Gasteiger partial charge in [0.25, 0.3) is 0 Å². The minimum Gasteiger partial charge on any atom is -0.355 e. The first-order valence-electron chi connectivity index (χ1n) is 5.54. The molecule has 86 valence electrons. The van der Waals surface area contributed by atoms with Crippen LogP contribution in [0.1, 0.15) is 39.6 Å². The Labute approximate surface area is 91.1 Å². The third-order valence-corrected chi connectivity index (χ3v) is 2.45. The minimum atomic E-state index is -0.0511. The average Bonchev–Trinajstić information content (AvgIpc) is 2.60. The number of hydrogen-bond donors (Lipinski definition) is 2. The van der Waals surface area contributed by atoms with Crippen LogP contribution in [-0.4, -0.2) is 21.3 Å². The number of nitrogens with one attached hydrogen (secondary N) is 1. The Morgan fingerprint density at radius 1 is 1.33 bits per heavy atom. The number of hydrogen-bond acceptors (Lipinski definition) is 4. The van der Waals surface area contributed by atoms with Crippen molar-refractivity contribution >= 4 is 5.95 Å². The zero-order valence-electron chi connectivity index (χ0n) is 9.99. The van der Waals surface area contributed by atoms with Gasteiger partial charge in [-0.15, -0.1) is 10.2 Å². The van der Waals surface area contributed by atoms with Crippen LogP contribution >= 0.6 is 0 Å². The highest BCUT2D eigenvalue weighted by atomic mass is 15.4. The summed E-state index contributed by atoms with van der Waals surface area (Å²) in [5, 5.41) is 11.4. The van der Waals surface area contributed by atoms with E-state index in [4.69, 9.17) is 5.73 Å². The van der Waals surface area contributed by atoms with Gasteiger partial charge < -0.3 is 11.1 Å². The molecule has 15 heavy (non-hydrogen) atoms. The molecule has 0 spiro atoms. The fourth-order valence-electron chi connectivity index (χ4n) is 1.46. The van der Waals surface area contributed by atoms with Gasteiger partial charge >= 0.3 is 0 Å². The van der Waals surface area contributed by atoms with Crippen molar-refractivity contribution in [1.29, 1.82) is 0 Å². The summed E-state index contributed by atoms with van der Waals surface area (Å²) in [7, 11) is 0. The highest BCUT2D eigenvalue weighted by Gasteiger charge is 2.19. The van der Waals surface area contributed by atoms with Gasteiger partial charge in [-0.3, -0.25) is 4.57 Å². The van der Waals surface area contributed by atoms with Crippen molar-refractivity contribution in [3.05, 3.63) is 5.82 Å². The van der Waals surface area contributed by atoms with Gasteiger partial charge in [-0.25, -0.2) is 0 Å². The largest absolute Gasteiger partial charge is 0.355 e. The molecule has 0 radical (unpaired) electrons.